The van der Waals surface area contributed by atoms with Crippen LogP contribution in [0.25, 0.3) is 0 Å². The topological polar surface area (TPSA) is 69.7 Å². The van der Waals surface area contributed by atoms with Crippen LogP contribution in [0.1, 0.15) is 31.7 Å². The van der Waals surface area contributed by atoms with Gasteiger partial charge >= 0.3 is 0 Å². The van der Waals surface area contributed by atoms with E-state index in [0.717, 1.165) is 36.9 Å². The van der Waals surface area contributed by atoms with Crippen LogP contribution in [0.3, 0.4) is 0 Å². The summed E-state index contributed by atoms with van der Waals surface area (Å²) in [6, 6.07) is 5.23. The molecular weight excluding hydrogens is 326 g/mol. The molecule has 1 atom stereocenters. The number of aryl methyl sites for hydroxylation is 1. The van der Waals surface area contributed by atoms with E-state index in [2.05, 4.69) is 5.32 Å². The summed E-state index contributed by atoms with van der Waals surface area (Å²) in [7, 11) is -1.70. The highest BCUT2D eigenvalue weighted by Crippen LogP contribution is 2.32. The van der Waals surface area contributed by atoms with Gasteiger partial charge in [0.1, 0.15) is 0 Å². The van der Waals surface area contributed by atoms with E-state index in [-0.39, 0.29) is 16.8 Å². The number of sulfonamides is 1. The Labute approximate surface area is 143 Å². The van der Waals surface area contributed by atoms with Crippen LogP contribution in [-0.4, -0.2) is 51.4 Å². The Morgan fingerprint density at radius 3 is 2.79 bits per heavy atom. The summed E-state index contributed by atoms with van der Waals surface area (Å²) in [6.45, 7) is 3.39. The Morgan fingerprint density at radius 1 is 1.29 bits per heavy atom. The summed E-state index contributed by atoms with van der Waals surface area (Å²) in [5, 5.41) is 3.08. The summed E-state index contributed by atoms with van der Waals surface area (Å²) in [5.41, 5.74) is 1.79. The van der Waals surface area contributed by atoms with Gasteiger partial charge in [-0.3, -0.25) is 4.79 Å². The van der Waals surface area contributed by atoms with Gasteiger partial charge in [0.05, 0.1) is 4.90 Å². The molecular formula is C17H25N3O3S. The number of anilines is 1. The van der Waals surface area contributed by atoms with Gasteiger partial charge in [0.25, 0.3) is 0 Å². The molecule has 0 saturated carbocycles. The minimum Gasteiger partial charge on any atom is -0.318 e. The highest BCUT2D eigenvalue weighted by atomic mass is 32.2. The number of carbonyl (C=O) groups is 1. The van der Waals surface area contributed by atoms with E-state index in [1.165, 1.54) is 6.92 Å². The Morgan fingerprint density at radius 2 is 2.08 bits per heavy atom. The summed E-state index contributed by atoms with van der Waals surface area (Å²) in [5.74, 6) is -0.0419. The molecule has 1 unspecified atom stereocenters. The summed E-state index contributed by atoms with van der Waals surface area (Å²) in [6.07, 6.45) is 3.56. The van der Waals surface area contributed by atoms with Gasteiger partial charge in [-0.1, -0.05) is 6.07 Å². The van der Waals surface area contributed by atoms with Gasteiger partial charge in [-0.25, -0.2) is 8.42 Å². The zero-order valence-electron chi connectivity index (χ0n) is 14.3. The van der Waals surface area contributed by atoms with Crippen LogP contribution in [-0.2, 0) is 21.2 Å². The zero-order chi connectivity index (χ0) is 17.3. The van der Waals surface area contributed by atoms with Gasteiger partial charge in [0.2, 0.25) is 15.9 Å². The van der Waals surface area contributed by atoms with Crippen LogP contribution in [0.2, 0.25) is 0 Å². The number of fused-ring (bicyclic) bond motifs is 1. The van der Waals surface area contributed by atoms with E-state index in [1.54, 1.807) is 21.3 Å². The van der Waals surface area contributed by atoms with Gasteiger partial charge in [-0.05, 0) is 50.4 Å². The Balaban J connectivity index is 1.97. The number of nitrogens with zero attached hydrogens (tertiary/aromatic N) is 2. The fraction of sp³-hybridized carbons (Fsp3) is 0.588. The number of hydrogen-bond donors (Lipinski definition) is 1. The quantitative estimate of drug-likeness (QED) is 0.889. The molecule has 2 aliphatic heterocycles. The van der Waals surface area contributed by atoms with Crippen LogP contribution < -0.4 is 10.2 Å². The Bertz CT molecular complexity index is 733. The molecule has 1 amide bonds. The molecule has 1 saturated heterocycles. The largest absolute Gasteiger partial charge is 0.318 e. The average Bonchev–Trinajstić information content (AvgIpc) is 3.03. The van der Waals surface area contributed by atoms with Gasteiger partial charge in [0.15, 0.2) is 0 Å². The van der Waals surface area contributed by atoms with Gasteiger partial charge in [-0.15, -0.1) is 0 Å². The van der Waals surface area contributed by atoms with E-state index >= 15 is 0 Å². The third kappa shape index (κ3) is 3.08. The molecule has 1 aromatic carbocycles. The lowest BCUT2D eigenvalue weighted by Crippen LogP contribution is -2.41. The van der Waals surface area contributed by atoms with Gasteiger partial charge < -0.3 is 10.2 Å². The summed E-state index contributed by atoms with van der Waals surface area (Å²) < 4.78 is 27.8. The standard InChI is InChI=1S/C17H25N3O3S/c1-13(21)19-9-3-5-14-7-8-16(11-17(14)19)24(22,23)20-10-4-6-15(20)12-18-2/h7-8,11,15,18H,3-6,9-10,12H2,1-2H3. The third-order valence-electron chi connectivity index (χ3n) is 4.92. The maximum Gasteiger partial charge on any atom is 0.243 e. The van der Waals surface area contributed by atoms with E-state index in [1.807, 2.05) is 13.1 Å². The number of carbonyl (C=O) groups excluding carboxylic acids is 1. The van der Waals surface area contributed by atoms with Crippen LogP contribution in [0, 0.1) is 0 Å². The molecule has 3 rings (SSSR count). The lowest BCUT2D eigenvalue weighted by Gasteiger charge is -2.30. The second-order valence-corrected chi connectivity index (χ2v) is 8.42. The Hall–Kier alpha value is -1.44. The molecule has 132 valence electrons. The number of nitrogens with one attached hydrogen (secondary N) is 1. The van der Waals surface area contributed by atoms with Crippen molar-refractivity contribution in [1.29, 1.82) is 0 Å². The van der Waals surface area contributed by atoms with E-state index in [9.17, 15) is 13.2 Å². The van der Waals surface area contributed by atoms with Crippen molar-refractivity contribution in [3.8, 4) is 0 Å². The van der Waals surface area contributed by atoms with Crippen molar-refractivity contribution in [3.05, 3.63) is 23.8 Å². The molecule has 2 heterocycles. The van der Waals surface area contributed by atoms with E-state index < -0.39 is 10.0 Å². The molecule has 0 bridgehead atoms. The molecule has 0 spiro atoms. The zero-order valence-corrected chi connectivity index (χ0v) is 15.1. The average molecular weight is 351 g/mol. The fourth-order valence-electron chi connectivity index (χ4n) is 3.74. The van der Waals surface area contributed by atoms with Crippen molar-refractivity contribution in [2.24, 2.45) is 0 Å². The molecule has 1 aromatic rings. The molecule has 1 fully saturated rings. The van der Waals surface area contributed by atoms with Crippen molar-refractivity contribution in [1.82, 2.24) is 9.62 Å². The summed E-state index contributed by atoms with van der Waals surface area (Å²) in [4.78, 5) is 13.9. The Kier molecular flexibility index (Phi) is 4.94. The number of rotatable bonds is 4. The molecule has 0 radical (unpaired) electrons. The highest BCUT2D eigenvalue weighted by molar-refractivity contribution is 7.89. The van der Waals surface area contributed by atoms with Crippen molar-refractivity contribution in [2.45, 2.75) is 43.5 Å². The molecule has 0 aromatic heterocycles. The van der Waals surface area contributed by atoms with Crippen LogP contribution in [0.15, 0.2) is 23.1 Å². The lowest BCUT2D eigenvalue weighted by atomic mass is 10.0. The van der Waals surface area contributed by atoms with Crippen molar-refractivity contribution >= 4 is 21.6 Å². The SMILES string of the molecule is CNCC1CCCN1S(=O)(=O)c1ccc2c(c1)N(C(C)=O)CCC2. The molecule has 24 heavy (non-hydrogen) atoms. The van der Waals surface area contributed by atoms with E-state index in [0.29, 0.717) is 19.6 Å². The first-order valence-corrected chi connectivity index (χ1v) is 9.96. The third-order valence-corrected chi connectivity index (χ3v) is 6.87. The van der Waals surface area contributed by atoms with Crippen LogP contribution in [0.5, 0.6) is 0 Å². The first kappa shape index (κ1) is 17.4. The normalized spacial score (nSPS) is 21.8. The second-order valence-electron chi connectivity index (χ2n) is 6.53. The van der Waals surface area contributed by atoms with Crippen molar-refractivity contribution < 1.29 is 13.2 Å². The van der Waals surface area contributed by atoms with Gasteiger partial charge in [0, 0.05) is 38.3 Å². The van der Waals surface area contributed by atoms with E-state index in [4.69, 9.17) is 0 Å². The number of hydrogen-bond acceptors (Lipinski definition) is 4. The second kappa shape index (κ2) is 6.82. The minimum absolute atomic E-state index is 0.0000532. The predicted molar refractivity (Wildman–Crippen MR) is 93.6 cm³/mol. The first-order valence-electron chi connectivity index (χ1n) is 8.52. The summed E-state index contributed by atoms with van der Waals surface area (Å²) >= 11 is 0. The number of likely N-dealkylation sites (N-methyl/N-ethyl adjacent to an activating group) is 1. The maximum absolute atomic E-state index is 13.1. The molecule has 7 heteroatoms. The van der Waals surface area contributed by atoms with Crippen molar-refractivity contribution in [3.63, 3.8) is 0 Å². The molecule has 0 aliphatic carbocycles. The van der Waals surface area contributed by atoms with Gasteiger partial charge in [-0.2, -0.15) is 4.31 Å². The molecule has 6 nitrogen and oxygen atoms in total. The van der Waals surface area contributed by atoms with Crippen LogP contribution in [0.4, 0.5) is 5.69 Å². The first-order chi connectivity index (χ1) is 11.4. The smallest absolute Gasteiger partial charge is 0.243 e. The van der Waals surface area contributed by atoms with Crippen LogP contribution >= 0.6 is 0 Å². The number of amides is 1. The van der Waals surface area contributed by atoms with Crippen molar-refractivity contribution in [2.75, 3.05) is 31.6 Å². The lowest BCUT2D eigenvalue weighted by molar-refractivity contribution is -0.116. The predicted octanol–water partition coefficient (Wildman–Crippen LogP) is 1.36. The molecule has 1 N–H and O–H groups in total. The minimum atomic E-state index is -3.54. The number of benzene rings is 1. The monoisotopic (exact) mass is 351 g/mol. The maximum atomic E-state index is 13.1. The fourth-order valence-corrected chi connectivity index (χ4v) is 5.46. The molecule has 2 aliphatic rings. The highest BCUT2D eigenvalue weighted by Gasteiger charge is 2.35.